The molecule has 1 atom stereocenters. The predicted molar refractivity (Wildman–Crippen MR) is 82.5 cm³/mol. The van der Waals surface area contributed by atoms with Gasteiger partial charge in [-0.1, -0.05) is 12.1 Å². The number of benzene rings is 1. The fourth-order valence-corrected chi connectivity index (χ4v) is 2.76. The number of aryl methyl sites for hydroxylation is 1. The van der Waals surface area contributed by atoms with E-state index in [4.69, 9.17) is 9.47 Å². The van der Waals surface area contributed by atoms with Gasteiger partial charge < -0.3 is 14.8 Å². The summed E-state index contributed by atoms with van der Waals surface area (Å²) in [6, 6.07) is 7.09. The highest BCUT2D eigenvalue weighted by Gasteiger charge is 2.22. The van der Waals surface area contributed by atoms with Gasteiger partial charge in [-0.3, -0.25) is 0 Å². The number of rotatable bonds is 7. The van der Waals surface area contributed by atoms with Crippen LogP contribution in [0.2, 0.25) is 0 Å². The fourth-order valence-electron chi connectivity index (χ4n) is 2.76. The van der Waals surface area contributed by atoms with Crippen molar-refractivity contribution in [3.8, 4) is 5.75 Å². The topological polar surface area (TPSA) is 30.5 Å². The summed E-state index contributed by atoms with van der Waals surface area (Å²) in [5, 5.41) is 3.41. The first-order chi connectivity index (χ1) is 9.54. The summed E-state index contributed by atoms with van der Waals surface area (Å²) < 4.78 is 11.1. The van der Waals surface area contributed by atoms with Crippen molar-refractivity contribution in [1.82, 2.24) is 5.32 Å². The molecule has 0 amide bonds. The maximum Gasteiger partial charge on any atom is 0.122 e. The third-order valence-corrected chi connectivity index (χ3v) is 4.23. The molecule has 0 spiro atoms. The molecule has 3 nitrogen and oxygen atoms in total. The van der Waals surface area contributed by atoms with Gasteiger partial charge in [0.05, 0.1) is 12.2 Å². The summed E-state index contributed by atoms with van der Waals surface area (Å²) in [6.07, 6.45) is 4.30. The number of nitrogens with one attached hydrogen (secondary N) is 1. The molecular formula is C17H27NO2. The second-order valence-electron chi connectivity index (χ2n) is 6.23. The summed E-state index contributed by atoms with van der Waals surface area (Å²) >= 11 is 0. The molecule has 1 aliphatic heterocycles. The molecule has 1 aliphatic rings. The van der Waals surface area contributed by atoms with E-state index < -0.39 is 0 Å². The van der Waals surface area contributed by atoms with E-state index in [0.29, 0.717) is 6.04 Å². The minimum Gasteiger partial charge on any atom is -0.493 e. The van der Waals surface area contributed by atoms with Crippen LogP contribution in [-0.4, -0.2) is 32.4 Å². The van der Waals surface area contributed by atoms with E-state index >= 15 is 0 Å². The highest BCUT2D eigenvalue weighted by molar-refractivity contribution is 5.39. The first-order valence-electron chi connectivity index (χ1n) is 7.51. The van der Waals surface area contributed by atoms with E-state index in [2.05, 4.69) is 37.4 Å². The van der Waals surface area contributed by atoms with Crippen molar-refractivity contribution >= 4 is 0 Å². The first-order valence-corrected chi connectivity index (χ1v) is 7.51. The summed E-state index contributed by atoms with van der Waals surface area (Å²) in [6.45, 7) is 5.12. The Balaban J connectivity index is 1.90. The highest BCUT2D eigenvalue weighted by Crippen LogP contribution is 2.27. The zero-order valence-corrected chi connectivity index (χ0v) is 13.2. The summed E-state index contributed by atoms with van der Waals surface area (Å²) in [5.74, 6) is 1.07. The van der Waals surface area contributed by atoms with Crippen LogP contribution in [0.15, 0.2) is 18.2 Å². The van der Waals surface area contributed by atoms with Gasteiger partial charge in [0.1, 0.15) is 5.75 Å². The Bertz CT molecular complexity index is 443. The van der Waals surface area contributed by atoms with Gasteiger partial charge in [-0.15, -0.1) is 0 Å². The Hall–Kier alpha value is -1.06. The lowest BCUT2D eigenvalue weighted by atomic mass is 9.94. The van der Waals surface area contributed by atoms with Crippen LogP contribution in [0.1, 0.15) is 37.8 Å². The summed E-state index contributed by atoms with van der Waals surface area (Å²) in [4.78, 5) is 0. The molecule has 0 bridgehead atoms. The summed E-state index contributed by atoms with van der Waals surface area (Å²) in [5.41, 5.74) is 2.70. The lowest BCUT2D eigenvalue weighted by Gasteiger charge is -2.28. The van der Waals surface area contributed by atoms with Crippen LogP contribution < -0.4 is 10.1 Å². The Morgan fingerprint density at radius 1 is 1.40 bits per heavy atom. The molecule has 1 N–H and O–H groups in total. The van der Waals surface area contributed by atoms with E-state index in [0.717, 1.165) is 38.0 Å². The van der Waals surface area contributed by atoms with Gasteiger partial charge in [0.2, 0.25) is 0 Å². The highest BCUT2D eigenvalue weighted by atomic mass is 16.5. The smallest absolute Gasteiger partial charge is 0.122 e. The van der Waals surface area contributed by atoms with E-state index in [1.54, 1.807) is 7.11 Å². The summed E-state index contributed by atoms with van der Waals surface area (Å²) in [7, 11) is 3.82. The van der Waals surface area contributed by atoms with Crippen molar-refractivity contribution in [3.63, 3.8) is 0 Å². The molecule has 20 heavy (non-hydrogen) atoms. The molecule has 0 fully saturated rings. The van der Waals surface area contributed by atoms with Crippen molar-refractivity contribution < 1.29 is 9.47 Å². The van der Waals surface area contributed by atoms with Gasteiger partial charge in [0, 0.05) is 19.6 Å². The molecule has 1 heterocycles. The third-order valence-electron chi connectivity index (χ3n) is 4.23. The van der Waals surface area contributed by atoms with Crippen molar-refractivity contribution in [2.45, 2.75) is 51.2 Å². The van der Waals surface area contributed by atoms with Gasteiger partial charge in [-0.2, -0.15) is 0 Å². The lowest BCUT2D eigenvalue weighted by Crippen LogP contribution is -2.36. The van der Waals surface area contributed by atoms with Gasteiger partial charge in [0.25, 0.3) is 0 Å². The number of hydrogen-bond donors (Lipinski definition) is 1. The third kappa shape index (κ3) is 3.97. The molecule has 112 valence electrons. The maximum absolute atomic E-state index is 5.55. The van der Waals surface area contributed by atoms with Gasteiger partial charge in [0.15, 0.2) is 0 Å². The van der Waals surface area contributed by atoms with Gasteiger partial charge >= 0.3 is 0 Å². The van der Waals surface area contributed by atoms with Gasteiger partial charge in [-0.25, -0.2) is 0 Å². The lowest BCUT2D eigenvalue weighted by molar-refractivity contribution is 0.00703. The molecule has 0 saturated heterocycles. The van der Waals surface area contributed by atoms with Crippen LogP contribution in [0, 0.1) is 0 Å². The molecule has 3 heteroatoms. The van der Waals surface area contributed by atoms with Crippen molar-refractivity contribution in [1.29, 1.82) is 0 Å². The van der Waals surface area contributed by atoms with Crippen LogP contribution in [-0.2, 0) is 17.6 Å². The molecule has 0 aromatic heterocycles. The zero-order chi connectivity index (χ0) is 14.6. The van der Waals surface area contributed by atoms with Crippen molar-refractivity contribution in [2.75, 3.05) is 20.8 Å². The van der Waals surface area contributed by atoms with Crippen LogP contribution in [0.3, 0.4) is 0 Å². The van der Waals surface area contributed by atoms with E-state index in [1.165, 1.54) is 11.1 Å². The van der Waals surface area contributed by atoms with E-state index in [1.807, 2.05) is 7.05 Å². The Labute approximate surface area is 122 Å². The minimum atomic E-state index is -0.0700. The Kier molecular flexibility index (Phi) is 5.06. The molecule has 1 aromatic carbocycles. The standard InChI is InChI=1S/C17H27NO2/c1-17(2,19-4)12-15(18-3)7-5-13-6-8-16-14(11-13)9-10-20-16/h6,8,11,15,18H,5,7,9-10,12H2,1-4H3. The largest absolute Gasteiger partial charge is 0.493 e. The van der Waals surface area contributed by atoms with Crippen molar-refractivity contribution in [2.24, 2.45) is 0 Å². The molecule has 0 radical (unpaired) electrons. The normalized spacial score (nSPS) is 15.8. The molecule has 1 unspecified atom stereocenters. The van der Waals surface area contributed by atoms with E-state index in [-0.39, 0.29) is 5.60 Å². The predicted octanol–water partition coefficient (Wildman–Crippen LogP) is 2.96. The molecule has 0 aliphatic carbocycles. The number of methoxy groups -OCH3 is 1. The van der Waals surface area contributed by atoms with Crippen LogP contribution in [0.4, 0.5) is 0 Å². The SMILES string of the molecule is CNC(CCc1ccc2c(c1)CCO2)CC(C)(C)OC. The number of hydrogen-bond acceptors (Lipinski definition) is 3. The number of fused-ring (bicyclic) bond motifs is 1. The minimum absolute atomic E-state index is 0.0700. The van der Waals surface area contributed by atoms with Gasteiger partial charge in [-0.05, 0) is 57.4 Å². The molecule has 2 rings (SSSR count). The molecule has 0 saturated carbocycles. The van der Waals surface area contributed by atoms with E-state index in [9.17, 15) is 0 Å². The molecule has 1 aromatic rings. The first kappa shape index (κ1) is 15.3. The Morgan fingerprint density at radius 3 is 2.90 bits per heavy atom. The second-order valence-corrected chi connectivity index (χ2v) is 6.23. The van der Waals surface area contributed by atoms with Crippen molar-refractivity contribution in [3.05, 3.63) is 29.3 Å². The van der Waals surface area contributed by atoms with Crippen LogP contribution >= 0.6 is 0 Å². The fraction of sp³-hybridized carbons (Fsp3) is 0.647. The van der Waals surface area contributed by atoms with Crippen LogP contribution in [0.5, 0.6) is 5.75 Å². The maximum atomic E-state index is 5.55. The number of ether oxygens (including phenoxy) is 2. The monoisotopic (exact) mass is 277 g/mol. The quantitative estimate of drug-likeness (QED) is 0.831. The average Bonchev–Trinajstić information content (AvgIpc) is 2.90. The van der Waals surface area contributed by atoms with Crippen LogP contribution in [0.25, 0.3) is 0 Å². The second kappa shape index (κ2) is 6.59. The molecular weight excluding hydrogens is 250 g/mol. The Morgan fingerprint density at radius 2 is 2.20 bits per heavy atom. The average molecular weight is 277 g/mol. The zero-order valence-electron chi connectivity index (χ0n) is 13.2.